The highest BCUT2D eigenvalue weighted by atomic mass is 16.5. The fourth-order valence-corrected chi connectivity index (χ4v) is 2.43. The molecule has 19 heavy (non-hydrogen) atoms. The van der Waals surface area contributed by atoms with E-state index >= 15 is 0 Å². The van der Waals surface area contributed by atoms with Crippen LogP contribution in [-0.2, 0) is 21.5 Å². The highest BCUT2D eigenvalue weighted by Crippen LogP contribution is 2.41. The van der Waals surface area contributed by atoms with Crippen LogP contribution >= 0.6 is 0 Å². The zero-order valence-corrected chi connectivity index (χ0v) is 11.7. The molecule has 0 aromatic heterocycles. The topological polar surface area (TPSA) is 66.8 Å². The number of carboxylic acid groups (broad SMARTS) is 1. The minimum atomic E-state index is -0.963. The maximum absolute atomic E-state index is 11.5. The van der Waals surface area contributed by atoms with Crippen molar-refractivity contribution in [1.29, 1.82) is 0 Å². The molecule has 0 saturated carbocycles. The van der Waals surface area contributed by atoms with Crippen LogP contribution in [0.5, 0.6) is 0 Å². The molecule has 1 aliphatic heterocycles. The zero-order valence-electron chi connectivity index (χ0n) is 11.7. The summed E-state index contributed by atoms with van der Waals surface area (Å²) < 4.78 is 5.24. The number of aliphatic carboxylic acids is 1. The van der Waals surface area contributed by atoms with Gasteiger partial charge in [-0.3, -0.25) is 4.79 Å². The Labute approximate surface area is 113 Å². The molecule has 0 saturated heterocycles. The number of benzene rings is 1. The summed E-state index contributed by atoms with van der Waals surface area (Å²) >= 11 is 0. The van der Waals surface area contributed by atoms with Gasteiger partial charge in [-0.05, 0) is 30.4 Å². The van der Waals surface area contributed by atoms with Gasteiger partial charge in [0, 0.05) is 5.41 Å². The largest absolute Gasteiger partial charge is 0.492 e. The van der Waals surface area contributed by atoms with Gasteiger partial charge in [0.05, 0.1) is 12.0 Å². The van der Waals surface area contributed by atoms with Crippen molar-refractivity contribution in [3.63, 3.8) is 0 Å². The molecule has 1 aromatic rings. The van der Waals surface area contributed by atoms with Crippen molar-refractivity contribution in [3.05, 3.63) is 29.3 Å². The smallest absolute Gasteiger partial charge is 0.481 e. The van der Waals surface area contributed by atoms with E-state index < -0.39 is 23.9 Å². The maximum atomic E-state index is 11.5. The molecule has 0 spiro atoms. The van der Waals surface area contributed by atoms with Gasteiger partial charge in [0.2, 0.25) is 0 Å². The molecule has 0 unspecified atom stereocenters. The Balaban J connectivity index is 2.60. The highest BCUT2D eigenvalue weighted by Gasteiger charge is 2.47. The van der Waals surface area contributed by atoms with Crippen LogP contribution in [-0.4, -0.2) is 23.2 Å². The van der Waals surface area contributed by atoms with Crippen molar-refractivity contribution in [3.8, 4) is 0 Å². The van der Waals surface area contributed by atoms with Gasteiger partial charge < -0.3 is 14.8 Å². The molecule has 0 fully saturated rings. The van der Waals surface area contributed by atoms with Crippen molar-refractivity contribution in [1.82, 2.24) is 0 Å². The Morgan fingerprint density at radius 2 is 1.95 bits per heavy atom. The fraction of sp³-hybridized carbons (Fsp3) is 0.500. The van der Waals surface area contributed by atoms with Gasteiger partial charge in [-0.1, -0.05) is 32.0 Å². The predicted molar refractivity (Wildman–Crippen MR) is 73.3 cm³/mol. The number of hydrogen-bond donors (Lipinski definition) is 2. The highest BCUT2D eigenvalue weighted by molar-refractivity contribution is 6.62. The number of carbonyl (C=O) groups is 1. The minimum Gasteiger partial charge on any atom is -0.481 e. The van der Waals surface area contributed by atoms with E-state index in [2.05, 4.69) is 0 Å². The quantitative estimate of drug-likeness (QED) is 0.805. The third-order valence-electron chi connectivity index (χ3n) is 4.61. The lowest BCUT2D eigenvalue weighted by Gasteiger charge is -2.39. The van der Waals surface area contributed by atoms with Crippen LogP contribution in [0.3, 0.4) is 0 Å². The van der Waals surface area contributed by atoms with E-state index in [1.807, 2.05) is 32.0 Å². The third kappa shape index (κ3) is 1.97. The monoisotopic (exact) mass is 262 g/mol. The summed E-state index contributed by atoms with van der Waals surface area (Å²) in [7, 11) is -0.963. The molecule has 1 heterocycles. The van der Waals surface area contributed by atoms with E-state index in [0.717, 1.165) is 16.6 Å². The fourth-order valence-electron chi connectivity index (χ4n) is 2.43. The van der Waals surface area contributed by atoms with Gasteiger partial charge in [-0.25, -0.2) is 0 Å². The predicted octanol–water partition coefficient (Wildman–Crippen LogP) is 1.29. The third-order valence-corrected chi connectivity index (χ3v) is 4.61. The van der Waals surface area contributed by atoms with E-state index in [1.165, 1.54) is 0 Å². The Morgan fingerprint density at radius 1 is 1.32 bits per heavy atom. The zero-order chi connectivity index (χ0) is 14.4. The van der Waals surface area contributed by atoms with Crippen LogP contribution in [0.4, 0.5) is 0 Å². The summed E-state index contributed by atoms with van der Waals surface area (Å²) in [4.78, 5) is 11.5. The lowest BCUT2D eigenvalue weighted by atomic mass is 9.59. The Kier molecular flexibility index (Phi) is 3.23. The van der Waals surface area contributed by atoms with Gasteiger partial charge >= 0.3 is 13.1 Å². The summed E-state index contributed by atoms with van der Waals surface area (Å²) in [5.41, 5.74) is 0.909. The summed E-state index contributed by atoms with van der Waals surface area (Å²) in [6.07, 6.45) is 0. The summed E-state index contributed by atoms with van der Waals surface area (Å²) in [6, 6.07) is 5.66. The Morgan fingerprint density at radius 3 is 2.53 bits per heavy atom. The van der Waals surface area contributed by atoms with E-state index in [-0.39, 0.29) is 0 Å². The lowest BCUT2D eigenvalue weighted by molar-refractivity contribution is -0.150. The summed E-state index contributed by atoms with van der Waals surface area (Å²) in [5, 5.41) is 19.4. The summed E-state index contributed by atoms with van der Waals surface area (Å²) in [6.45, 7) is 7.56. The van der Waals surface area contributed by atoms with Crippen LogP contribution in [0.2, 0.25) is 0 Å². The van der Waals surface area contributed by atoms with Crippen molar-refractivity contribution >= 4 is 18.6 Å². The van der Waals surface area contributed by atoms with Crippen LogP contribution in [0.1, 0.15) is 38.8 Å². The van der Waals surface area contributed by atoms with Gasteiger partial charge in [-0.15, -0.1) is 0 Å². The van der Waals surface area contributed by atoms with E-state index in [0.29, 0.717) is 6.61 Å². The van der Waals surface area contributed by atoms with Crippen molar-refractivity contribution in [2.45, 2.75) is 39.7 Å². The van der Waals surface area contributed by atoms with Gasteiger partial charge in [0.25, 0.3) is 0 Å². The first-order valence-electron chi connectivity index (χ1n) is 6.35. The second kappa shape index (κ2) is 4.35. The molecule has 2 N–H and O–H groups in total. The maximum Gasteiger partial charge on any atom is 0.492 e. The van der Waals surface area contributed by atoms with Crippen LogP contribution < -0.4 is 5.46 Å². The number of fused-ring (bicyclic) bond motifs is 1. The van der Waals surface area contributed by atoms with Gasteiger partial charge in [0.1, 0.15) is 0 Å². The number of carboxylic acids is 1. The second-order valence-corrected chi connectivity index (χ2v) is 6.10. The molecule has 4 nitrogen and oxygen atoms in total. The summed E-state index contributed by atoms with van der Waals surface area (Å²) in [5.74, 6) is -0.858. The lowest BCUT2D eigenvalue weighted by Crippen LogP contribution is -2.47. The molecule has 0 atom stereocenters. The molecule has 102 valence electrons. The van der Waals surface area contributed by atoms with Gasteiger partial charge in [-0.2, -0.15) is 0 Å². The molecule has 0 bridgehead atoms. The average Bonchev–Trinajstić information content (AvgIpc) is 2.70. The first kappa shape index (κ1) is 14.1. The van der Waals surface area contributed by atoms with E-state index in [1.54, 1.807) is 13.8 Å². The Hall–Kier alpha value is -1.33. The van der Waals surface area contributed by atoms with Crippen molar-refractivity contribution in [2.24, 2.45) is 5.41 Å². The first-order chi connectivity index (χ1) is 8.69. The minimum absolute atomic E-state index is 0.369. The van der Waals surface area contributed by atoms with Crippen molar-refractivity contribution in [2.75, 3.05) is 0 Å². The van der Waals surface area contributed by atoms with Crippen LogP contribution in [0.25, 0.3) is 0 Å². The normalized spacial score (nSPS) is 15.5. The number of hydrogen-bond acceptors (Lipinski definition) is 3. The standard InChI is InChI=1S/C14H19BO4/c1-13(2,14(3,4)12(16)17)10-7-5-6-9-8-19-15(18)11(9)10/h5-7,18H,8H2,1-4H3,(H,16,17). The van der Waals surface area contributed by atoms with E-state index in [4.69, 9.17) is 4.65 Å². The second-order valence-electron chi connectivity index (χ2n) is 6.10. The average molecular weight is 262 g/mol. The van der Waals surface area contributed by atoms with Crippen molar-refractivity contribution < 1.29 is 19.6 Å². The SMILES string of the molecule is CC(C)(C(=O)O)C(C)(C)c1cccc2c1B(O)OC2. The molecular formula is C14H19BO4. The molecule has 1 aromatic carbocycles. The van der Waals surface area contributed by atoms with Crippen LogP contribution in [0.15, 0.2) is 18.2 Å². The Bertz CT molecular complexity index is 522. The molecule has 0 amide bonds. The van der Waals surface area contributed by atoms with Gasteiger partial charge in [0.15, 0.2) is 0 Å². The molecule has 1 aliphatic rings. The van der Waals surface area contributed by atoms with E-state index in [9.17, 15) is 14.9 Å². The molecule has 2 rings (SSSR count). The molecule has 0 aliphatic carbocycles. The number of rotatable bonds is 3. The molecule has 5 heteroatoms. The van der Waals surface area contributed by atoms with Crippen LogP contribution in [0, 0.1) is 5.41 Å². The molecule has 0 radical (unpaired) electrons. The molecular weight excluding hydrogens is 243 g/mol. The first-order valence-corrected chi connectivity index (χ1v) is 6.35.